The normalized spacial score (nSPS) is 12.0. The monoisotopic (exact) mass is 351 g/mol. The first-order valence-electron chi connectivity index (χ1n) is 6.89. The average molecular weight is 351 g/mol. The van der Waals surface area contributed by atoms with Crippen molar-refractivity contribution in [1.82, 2.24) is 10.2 Å². The Morgan fingerprint density at radius 1 is 1.35 bits per heavy atom. The maximum atomic E-state index is 12.2. The summed E-state index contributed by atoms with van der Waals surface area (Å²) in [7, 11) is 0. The number of ketones is 1. The van der Waals surface area contributed by atoms with E-state index in [1.807, 2.05) is 6.26 Å². The van der Waals surface area contributed by atoms with E-state index >= 15 is 0 Å². The van der Waals surface area contributed by atoms with Crippen LogP contribution in [0.5, 0.6) is 0 Å². The maximum Gasteiger partial charge on any atom is 0.277 e. The van der Waals surface area contributed by atoms with Gasteiger partial charge >= 0.3 is 0 Å². The fourth-order valence-corrected chi connectivity index (χ4v) is 2.80. The molecule has 0 aliphatic heterocycles. The lowest BCUT2D eigenvalue weighted by Crippen LogP contribution is -2.22. The quantitative estimate of drug-likeness (QED) is 0.605. The molecule has 1 N–H and O–H groups in total. The minimum Gasteiger partial charge on any atom is -0.415 e. The highest BCUT2D eigenvalue weighted by atomic mass is 32.2. The molecule has 2 rings (SSSR count). The summed E-state index contributed by atoms with van der Waals surface area (Å²) < 4.78 is 5.44. The minimum atomic E-state index is -0.404. The van der Waals surface area contributed by atoms with Gasteiger partial charge in [-0.3, -0.25) is 9.59 Å². The molecular weight excluding hydrogens is 334 g/mol. The Labute approximate surface area is 142 Å². The van der Waals surface area contributed by atoms with Crippen LogP contribution in [0, 0.1) is 0 Å². The van der Waals surface area contributed by atoms with Crippen LogP contribution >= 0.6 is 23.5 Å². The van der Waals surface area contributed by atoms with Crippen molar-refractivity contribution >= 4 is 40.9 Å². The van der Waals surface area contributed by atoms with Crippen molar-refractivity contribution in [3.8, 4) is 0 Å². The number of nitrogens with zero attached hydrogens (tertiary/aromatic N) is 2. The number of nitrogens with one attached hydrogen (secondary N) is 1. The van der Waals surface area contributed by atoms with Crippen LogP contribution in [0.25, 0.3) is 0 Å². The SMILES string of the molecule is CSCc1nnc(SC(C)C(=O)Nc2cccc(C(C)=O)c2)o1. The van der Waals surface area contributed by atoms with E-state index in [9.17, 15) is 9.59 Å². The zero-order chi connectivity index (χ0) is 16.8. The molecule has 1 unspecified atom stereocenters. The van der Waals surface area contributed by atoms with E-state index in [2.05, 4.69) is 15.5 Å². The van der Waals surface area contributed by atoms with Crippen LogP contribution < -0.4 is 5.32 Å². The highest BCUT2D eigenvalue weighted by Crippen LogP contribution is 2.24. The zero-order valence-corrected chi connectivity index (χ0v) is 14.7. The Kier molecular flexibility index (Phi) is 6.23. The second-order valence-corrected chi connectivity index (χ2v) is 6.94. The van der Waals surface area contributed by atoms with Gasteiger partial charge in [-0.05, 0) is 32.2 Å². The van der Waals surface area contributed by atoms with E-state index in [4.69, 9.17) is 4.42 Å². The lowest BCUT2D eigenvalue weighted by atomic mass is 10.1. The third-order valence-electron chi connectivity index (χ3n) is 2.90. The Morgan fingerprint density at radius 3 is 2.83 bits per heavy atom. The highest BCUT2D eigenvalue weighted by Gasteiger charge is 2.18. The van der Waals surface area contributed by atoms with E-state index in [-0.39, 0.29) is 11.7 Å². The van der Waals surface area contributed by atoms with Gasteiger partial charge in [0, 0.05) is 11.3 Å². The van der Waals surface area contributed by atoms with E-state index in [0.717, 1.165) is 0 Å². The first-order valence-corrected chi connectivity index (χ1v) is 9.16. The molecule has 0 radical (unpaired) electrons. The van der Waals surface area contributed by atoms with Gasteiger partial charge in [0.15, 0.2) is 5.78 Å². The molecule has 1 atom stereocenters. The Morgan fingerprint density at radius 2 is 2.13 bits per heavy atom. The van der Waals surface area contributed by atoms with Crippen LogP contribution in [-0.2, 0) is 10.5 Å². The number of thioether (sulfide) groups is 2. The number of hydrogen-bond acceptors (Lipinski definition) is 7. The molecule has 0 aliphatic rings. The smallest absolute Gasteiger partial charge is 0.277 e. The second-order valence-electron chi connectivity index (χ2n) is 4.78. The van der Waals surface area contributed by atoms with Gasteiger partial charge in [0.05, 0.1) is 11.0 Å². The summed E-state index contributed by atoms with van der Waals surface area (Å²) in [5.41, 5.74) is 1.14. The van der Waals surface area contributed by atoms with Crippen molar-refractivity contribution in [2.45, 2.75) is 30.1 Å². The van der Waals surface area contributed by atoms with Crippen molar-refractivity contribution in [2.24, 2.45) is 0 Å². The predicted molar refractivity (Wildman–Crippen MR) is 91.9 cm³/mol. The Bertz CT molecular complexity index is 703. The van der Waals surface area contributed by atoms with E-state index < -0.39 is 5.25 Å². The molecule has 6 nitrogen and oxygen atoms in total. The molecule has 0 spiro atoms. The summed E-state index contributed by atoms with van der Waals surface area (Å²) in [6, 6.07) is 6.84. The van der Waals surface area contributed by atoms with Crippen LogP contribution in [0.3, 0.4) is 0 Å². The number of aromatic nitrogens is 2. The second kappa shape index (κ2) is 8.16. The molecule has 2 aromatic rings. The van der Waals surface area contributed by atoms with Crippen LogP contribution in [0.4, 0.5) is 5.69 Å². The molecule has 122 valence electrons. The first kappa shape index (κ1) is 17.6. The number of amides is 1. The number of carbonyl (C=O) groups is 2. The molecule has 1 aromatic carbocycles. The van der Waals surface area contributed by atoms with Crippen LogP contribution in [0.1, 0.15) is 30.1 Å². The maximum absolute atomic E-state index is 12.2. The standard InChI is InChI=1S/C15H17N3O3S2/c1-9(19)11-5-4-6-12(7-11)16-14(20)10(2)23-15-18-17-13(21-15)8-22-3/h4-7,10H,8H2,1-3H3,(H,16,20). The Balaban J connectivity index is 1.96. The molecule has 0 fully saturated rings. The Hall–Kier alpha value is -1.80. The first-order chi connectivity index (χ1) is 11.0. The fourth-order valence-electron chi connectivity index (χ4n) is 1.73. The molecule has 1 aromatic heterocycles. The van der Waals surface area contributed by atoms with Crippen molar-refractivity contribution in [1.29, 1.82) is 0 Å². The third kappa shape index (κ3) is 5.11. The molecule has 0 saturated heterocycles. The molecule has 0 bridgehead atoms. The lowest BCUT2D eigenvalue weighted by molar-refractivity contribution is -0.115. The average Bonchev–Trinajstić information content (AvgIpc) is 2.95. The van der Waals surface area contributed by atoms with Gasteiger partial charge in [0.1, 0.15) is 0 Å². The summed E-state index contributed by atoms with van der Waals surface area (Å²) >= 11 is 2.79. The van der Waals surface area contributed by atoms with Gasteiger partial charge in [-0.1, -0.05) is 23.9 Å². The molecule has 8 heteroatoms. The number of carbonyl (C=O) groups excluding carboxylic acids is 2. The van der Waals surface area contributed by atoms with Crippen molar-refractivity contribution in [3.63, 3.8) is 0 Å². The third-order valence-corrected chi connectivity index (χ3v) is 4.37. The molecule has 1 amide bonds. The van der Waals surface area contributed by atoms with E-state index in [1.54, 1.807) is 43.0 Å². The summed E-state index contributed by atoms with van der Waals surface area (Å²) in [5.74, 6) is 0.948. The molecular formula is C15H17N3O3S2. The van der Waals surface area contributed by atoms with Gasteiger partial charge in [0.25, 0.3) is 5.22 Å². The van der Waals surface area contributed by atoms with Gasteiger partial charge < -0.3 is 9.73 Å². The van der Waals surface area contributed by atoms with Gasteiger partial charge in [-0.25, -0.2) is 0 Å². The number of Topliss-reactive ketones (excluding diaryl/α,β-unsaturated/α-hetero) is 1. The summed E-state index contributed by atoms with van der Waals surface area (Å²) in [4.78, 5) is 23.6. The zero-order valence-electron chi connectivity index (χ0n) is 13.0. The van der Waals surface area contributed by atoms with Crippen LogP contribution in [-0.4, -0.2) is 33.4 Å². The number of anilines is 1. The van der Waals surface area contributed by atoms with Crippen LogP contribution in [0.15, 0.2) is 33.9 Å². The van der Waals surface area contributed by atoms with Crippen molar-refractivity contribution in [3.05, 3.63) is 35.7 Å². The predicted octanol–water partition coefficient (Wildman–Crippen LogP) is 3.25. The topological polar surface area (TPSA) is 85.1 Å². The number of rotatable bonds is 7. The number of benzene rings is 1. The van der Waals surface area contributed by atoms with Gasteiger partial charge in [-0.2, -0.15) is 11.8 Å². The number of hydrogen-bond donors (Lipinski definition) is 1. The lowest BCUT2D eigenvalue weighted by Gasteiger charge is -2.10. The van der Waals surface area contributed by atoms with E-state index in [0.29, 0.717) is 28.1 Å². The van der Waals surface area contributed by atoms with Gasteiger partial charge in [0.2, 0.25) is 11.8 Å². The summed E-state index contributed by atoms with van der Waals surface area (Å²) in [6.07, 6.45) is 1.95. The van der Waals surface area contributed by atoms with Crippen molar-refractivity contribution < 1.29 is 14.0 Å². The fraction of sp³-hybridized carbons (Fsp3) is 0.333. The van der Waals surface area contributed by atoms with E-state index in [1.165, 1.54) is 18.7 Å². The molecule has 1 heterocycles. The summed E-state index contributed by atoms with van der Waals surface area (Å²) in [5, 5.41) is 10.6. The molecule has 23 heavy (non-hydrogen) atoms. The molecule has 0 saturated carbocycles. The minimum absolute atomic E-state index is 0.0456. The van der Waals surface area contributed by atoms with Crippen LogP contribution in [0.2, 0.25) is 0 Å². The highest BCUT2D eigenvalue weighted by molar-refractivity contribution is 8.00. The van der Waals surface area contributed by atoms with Crippen molar-refractivity contribution in [2.75, 3.05) is 11.6 Å². The summed E-state index contributed by atoms with van der Waals surface area (Å²) in [6.45, 7) is 3.24. The largest absolute Gasteiger partial charge is 0.415 e. The molecule has 0 aliphatic carbocycles. The van der Waals surface area contributed by atoms with Gasteiger partial charge in [-0.15, -0.1) is 10.2 Å².